The predicted molar refractivity (Wildman–Crippen MR) is 60.9 cm³/mol. The number of aryl methyl sites for hydroxylation is 1. The molecule has 0 bridgehead atoms. The van der Waals surface area contributed by atoms with Crippen LogP contribution in [0.2, 0.25) is 0 Å². The predicted octanol–water partition coefficient (Wildman–Crippen LogP) is 1.79. The fourth-order valence-corrected chi connectivity index (χ4v) is 1.49. The largest absolute Gasteiger partial charge is 0.348 e. The highest BCUT2D eigenvalue weighted by Gasteiger charge is 2.10. The van der Waals surface area contributed by atoms with Crippen LogP contribution in [0.15, 0.2) is 30.5 Å². The second kappa shape index (κ2) is 4.78. The highest BCUT2D eigenvalue weighted by molar-refractivity contribution is 5.94. The molecule has 1 aromatic carbocycles. The molecule has 0 aliphatic rings. The number of halogens is 1. The van der Waals surface area contributed by atoms with Gasteiger partial charge in [-0.3, -0.25) is 9.89 Å². The second-order valence-corrected chi connectivity index (χ2v) is 3.68. The maximum Gasteiger partial charge on any atom is 0.255 e. The van der Waals surface area contributed by atoms with Crippen LogP contribution >= 0.6 is 0 Å². The Kier molecular flexibility index (Phi) is 3.18. The number of H-pyrrole nitrogens is 1. The summed E-state index contributed by atoms with van der Waals surface area (Å²) < 4.78 is 13.3. The summed E-state index contributed by atoms with van der Waals surface area (Å²) >= 11 is 0. The summed E-state index contributed by atoms with van der Waals surface area (Å²) in [6, 6.07) is 6.34. The normalized spacial score (nSPS) is 10.2. The highest BCUT2D eigenvalue weighted by Crippen LogP contribution is 2.07. The van der Waals surface area contributed by atoms with Gasteiger partial charge >= 0.3 is 0 Å². The van der Waals surface area contributed by atoms with Crippen LogP contribution in [0.1, 0.15) is 21.6 Å². The molecule has 88 valence electrons. The molecule has 1 heterocycles. The van der Waals surface area contributed by atoms with Crippen LogP contribution in [0.25, 0.3) is 0 Å². The van der Waals surface area contributed by atoms with Crippen LogP contribution in [0.3, 0.4) is 0 Å². The third-order valence-corrected chi connectivity index (χ3v) is 2.47. The van der Waals surface area contributed by atoms with E-state index in [4.69, 9.17) is 0 Å². The number of aromatic amines is 1. The van der Waals surface area contributed by atoms with E-state index < -0.39 is 0 Å². The summed E-state index contributed by atoms with van der Waals surface area (Å²) in [6.07, 6.45) is 1.45. The van der Waals surface area contributed by atoms with Gasteiger partial charge in [-0.05, 0) is 13.0 Å². The lowest BCUT2D eigenvalue weighted by atomic mass is 10.2. The van der Waals surface area contributed by atoms with Crippen LogP contribution in [0.5, 0.6) is 0 Å². The van der Waals surface area contributed by atoms with E-state index in [0.717, 1.165) is 0 Å². The number of aromatic nitrogens is 2. The van der Waals surface area contributed by atoms with Gasteiger partial charge in [0.2, 0.25) is 0 Å². The molecule has 2 aromatic rings. The minimum Gasteiger partial charge on any atom is -0.348 e. The molecular formula is C12H12FN3O. The minimum atomic E-state index is -0.322. The molecule has 0 aliphatic carbocycles. The molecule has 5 heteroatoms. The smallest absolute Gasteiger partial charge is 0.255 e. The van der Waals surface area contributed by atoms with E-state index in [-0.39, 0.29) is 18.3 Å². The Balaban J connectivity index is 2.02. The SMILES string of the molecule is Cc1[nH]ncc1C(=O)NCc1ccccc1F. The van der Waals surface area contributed by atoms with Crippen molar-refractivity contribution in [2.45, 2.75) is 13.5 Å². The van der Waals surface area contributed by atoms with Crippen molar-refractivity contribution in [3.05, 3.63) is 53.1 Å². The number of amides is 1. The molecule has 0 spiro atoms. The van der Waals surface area contributed by atoms with Crippen LogP contribution in [-0.2, 0) is 6.54 Å². The van der Waals surface area contributed by atoms with Crippen LogP contribution in [0, 0.1) is 12.7 Å². The van der Waals surface area contributed by atoms with Crippen molar-refractivity contribution in [1.29, 1.82) is 0 Å². The summed E-state index contributed by atoms with van der Waals surface area (Å²) in [5, 5.41) is 9.07. The van der Waals surface area contributed by atoms with Crippen LogP contribution < -0.4 is 5.32 Å². The number of nitrogens with one attached hydrogen (secondary N) is 2. The van der Waals surface area contributed by atoms with Gasteiger partial charge in [0.25, 0.3) is 5.91 Å². The van der Waals surface area contributed by atoms with Crippen LogP contribution in [-0.4, -0.2) is 16.1 Å². The van der Waals surface area contributed by atoms with Gasteiger partial charge < -0.3 is 5.32 Å². The van der Waals surface area contributed by atoms with E-state index in [0.29, 0.717) is 16.8 Å². The number of hydrogen-bond acceptors (Lipinski definition) is 2. The zero-order valence-electron chi connectivity index (χ0n) is 9.33. The summed E-state index contributed by atoms with van der Waals surface area (Å²) in [6.45, 7) is 1.92. The maximum absolute atomic E-state index is 13.3. The van der Waals surface area contributed by atoms with Crippen molar-refractivity contribution >= 4 is 5.91 Å². The van der Waals surface area contributed by atoms with Crippen molar-refractivity contribution in [2.75, 3.05) is 0 Å². The molecule has 0 saturated heterocycles. The molecule has 0 saturated carbocycles. The van der Waals surface area contributed by atoms with E-state index in [1.807, 2.05) is 0 Å². The summed E-state index contributed by atoms with van der Waals surface area (Å²) in [5.41, 5.74) is 1.62. The van der Waals surface area contributed by atoms with E-state index in [9.17, 15) is 9.18 Å². The molecule has 1 aromatic heterocycles. The highest BCUT2D eigenvalue weighted by atomic mass is 19.1. The van der Waals surface area contributed by atoms with Gasteiger partial charge in [0.1, 0.15) is 5.82 Å². The quantitative estimate of drug-likeness (QED) is 0.849. The zero-order valence-corrected chi connectivity index (χ0v) is 9.33. The first-order chi connectivity index (χ1) is 8.18. The van der Waals surface area contributed by atoms with Gasteiger partial charge in [0, 0.05) is 17.8 Å². The van der Waals surface area contributed by atoms with Gasteiger partial charge in [0.05, 0.1) is 11.8 Å². The fraction of sp³-hybridized carbons (Fsp3) is 0.167. The molecule has 0 atom stereocenters. The lowest BCUT2D eigenvalue weighted by Gasteiger charge is -2.05. The number of rotatable bonds is 3. The lowest BCUT2D eigenvalue weighted by Crippen LogP contribution is -2.23. The summed E-state index contributed by atoms with van der Waals surface area (Å²) in [7, 11) is 0. The summed E-state index contributed by atoms with van der Waals surface area (Å²) in [5.74, 6) is -0.587. The Labute approximate surface area is 97.9 Å². The van der Waals surface area contributed by atoms with E-state index in [1.54, 1.807) is 25.1 Å². The number of benzene rings is 1. The van der Waals surface area contributed by atoms with E-state index in [2.05, 4.69) is 15.5 Å². The topological polar surface area (TPSA) is 57.8 Å². The maximum atomic E-state index is 13.3. The fourth-order valence-electron chi connectivity index (χ4n) is 1.49. The molecule has 0 unspecified atom stereocenters. The number of nitrogens with zero attached hydrogens (tertiary/aromatic N) is 1. The van der Waals surface area contributed by atoms with Gasteiger partial charge in [-0.15, -0.1) is 0 Å². The van der Waals surface area contributed by atoms with Crippen molar-refractivity contribution < 1.29 is 9.18 Å². The molecule has 2 N–H and O–H groups in total. The molecule has 0 aliphatic heterocycles. The van der Waals surface area contributed by atoms with Crippen molar-refractivity contribution in [1.82, 2.24) is 15.5 Å². The first-order valence-corrected chi connectivity index (χ1v) is 5.20. The number of carbonyl (C=O) groups excluding carboxylic acids is 1. The third kappa shape index (κ3) is 2.50. The number of carbonyl (C=O) groups is 1. The van der Waals surface area contributed by atoms with Gasteiger partial charge in [-0.2, -0.15) is 5.10 Å². The molecule has 2 rings (SSSR count). The Morgan fingerprint density at radius 2 is 2.24 bits per heavy atom. The van der Waals surface area contributed by atoms with E-state index in [1.165, 1.54) is 12.3 Å². The molecule has 4 nitrogen and oxygen atoms in total. The molecule has 0 fully saturated rings. The Hall–Kier alpha value is -2.17. The number of hydrogen-bond donors (Lipinski definition) is 2. The van der Waals surface area contributed by atoms with Crippen molar-refractivity contribution in [3.8, 4) is 0 Å². The Bertz CT molecular complexity index is 536. The third-order valence-electron chi connectivity index (χ3n) is 2.47. The molecule has 17 heavy (non-hydrogen) atoms. The summed E-state index contributed by atoms with van der Waals surface area (Å²) in [4.78, 5) is 11.7. The van der Waals surface area contributed by atoms with E-state index >= 15 is 0 Å². The first kappa shape index (κ1) is 11.3. The second-order valence-electron chi connectivity index (χ2n) is 3.68. The molecular weight excluding hydrogens is 221 g/mol. The first-order valence-electron chi connectivity index (χ1n) is 5.20. The zero-order chi connectivity index (χ0) is 12.3. The average Bonchev–Trinajstić information content (AvgIpc) is 2.74. The van der Waals surface area contributed by atoms with Crippen LogP contribution in [0.4, 0.5) is 4.39 Å². The lowest BCUT2D eigenvalue weighted by molar-refractivity contribution is 0.0950. The average molecular weight is 233 g/mol. The van der Waals surface area contributed by atoms with Crippen molar-refractivity contribution in [2.24, 2.45) is 0 Å². The Morgan fingerprint density at radius 1 is 1.47 bits per heavy atom. The Morgan fingerprint density at radius 3 is 2.88 bits per heavy atom. The van der Waals surface area contributed by atoms with Gasteiger partial charge in [0.15, 0.2) is 0 Å². The standard InChI is InChI=1S/C12H12FN3O/c1-8-10(7-15-16-8)12(17)14-6-9-4-2-3-5-11(9)13/h2-5,7H,6H2,1H3,(H,14,17)(H,15,16). The monoisotopic (exact) mass is 233 g/mol. The van der Waals surface area contributed by atoms with Crippen molar-refractivity contribution in [3.63, 3.8) is 0 Å². The minimum absolute atomic E-state index is 0.163. The van der Waals surface area contributed by atoms with Gasteiger partial charge in [-0.25, -0.2) is 4.39 Å². The van der Waals surface area contributed by atoms with Gasteiger partial charge in [-0.1, -0.05) is 18.2 Å². The molecule has 0 radical (unpaired) electrons. The molecule has 1 amide bonds.